The molecule has 1 saturated carbocycles. The van der Waals surface area contributed by atoms with Gasteiger partial charge in [0.1, 0.15) is 0 Å². The molecule has 2 rings (SSSR count). The van der Waals surface area contributed by atoms with E-state index in [0.29, 0.717) is 5.92 Å². The summed E-state index contributed by atoms with van der Waals surface area (Å²) < 4.78 is 2.28. The number of nitrogens with zero attached hydrogens (tertiary/aromatic N) is 2. The lowest BCUT2D eigenvalue weighted by Gasteiger charge is -2.26. The van der Waals surface area contributed by atoms with Gasteiger partial charge in [-0.3, -0.25) is 0 Å². The predicted molar refractivity (Wildman–Crippen MR) is 81.3 cm³/mol. The molecule has 1 fully saturated rings. The number of imidazole rings is 1. The van der Waals surface area contributed by atoms with Crippen LogP contribution in [0.5, 0.6) is 0 Å². The summed E-state index contributed by atoms with van der Waals surface area (Å²) in [5.41, 5.74) is 0. The normalized spacial score (nSPS) is 23.8. The van der Waals surface area contributed by atoms with Crippen LogP contribution < -0.4 is 5.32 Å². The fraction of sp³-hybridized carbons (Fsp3) is 0.812. The molecule has 3 nitrogen and oxygen atoms in total. The van der Waals surface area contributed by atoms with Crippen molar-refractivity contribution < 1.29 is 0 Å². The van der Waals surface area contributed by atoms with Gasteiger partial charge in [-0.1, -0.05) is 46.5 Å². The summed E-state index contributed by atoms with van der Waals surface area (Å²) in [5, 5.41) is 3.44. The smallest absolute Gasteiger partial charge is 0.202 e. The van der Waals surface area contributed by atoms with E-state index in [-0.39, 0.29) is 0 Å². The maximum Gasteiger partial charge on any atom is 0.202 e. The van der Waals surface area contributed by atoms with Gasteiger partial charge >= 0.3 is 0 Å². The maximum atomic E-state index is 4.42. The van der Waals surface area contributed by atoms with Crippen molar-refractivity contribution in [1.29, 1.82) is 0 Å². The zero-order chi connectivity index (χ0) is 13.7. The lowest BCUT2D eigenvalue weighted by molar-refractivity contribution is 0.269. The van der Waals surface area contributed by atoms with E-state index < -0.39 is 0 Å². The Bertz CT molecular complexity index is 362. The minimum absolute atomic E-state index is 0.657. The van der Waals surface area contributed by atoms with Crippen molar-refractivity contribution in [3.8, 4) is 0 Å². The first-order valence-corrected chi connectivity index (χ1v) is 7.90. The molecule has 0 bridgehead atoms. The summed E-state index contributed by atoms with van der Waals surface area (Å²) in [6, 6.07) is 0. The van der Waals surface area contributed by atoms with Gasteiger partial charge < -0.3 is 9.88 Å². The molecule has 0 aromatic carbocycles. The van der Waals surface area contributed by atoms with E-state index in [1.165, 1.54) is 32.1 Å². The highest BCUT2D eigenvalue weighted by Crippen LogP contribution is 2.30. The summed E-state index contributed by atoms with van der Waals surface area (Å²) in [6.07, 6.45) is 11.0. The summed E-state index contributed by atoms with van der Waals surface area (Å²) >= 11 is 0. The second-order valence-corrected chi connectivity index (χ2v) is 6.63. The van der Waals surface area contributed by atoms with Crippen LogP contribution in [0.1, 0.15) is 52.9 Å². The molecule has 1 aromatic heterocycles. The molecule has 1 aromatic rings. The number of hydrogen-bond acceptors (Lipinski definition) is 2. The lowest BCUT2D eigenvalue weighted by atomic mass is 9.81. The van der Waals surface area contributed by atoms with Crippen molar-refractivity contribution in [1.82, 2.24) is 9.55 Å². The predicted octanol–water partition coefficient (Wildman–Crippen LogP) is 4.17. The molecule has 0 saturated heterocycles. The summed E-state index contributed by atoms with van der Waals surface area (Å²) in [7, 11) is 0. The molecule has 0 amide bonds. The van der Waals surface area contributed by atoms with Crippen LogP contribution in [0, 0.1) is 17.8 Å². The van der Waals surface area contributed by atoms with E-state index >= 15 is 0 Å². The SMILES string of the molecule is CC(C)CNc1nccn1CCC1CCC(C)CC1. The third-order valence-electron chi connectivity index (χ3n) is 4.30. The molecule has 108 valence electrons. The first-order chi connectivity index (χ1) is 9.15. The van der Waals surface area contributed by atoms with Crippen LogP contribution in [-0.4, -0.2) is 16.1 Å². The molecule has 3 heteroatoms. The molecule has 1 aliphatic rings. The second kappa shape index (κ2) is 6.97. The van der Waals surface area contributed by atoms with Crippen molar-refractivity contribution >= 4 is 5.95 Å². The van der Waals surface area contributed by atoms with Crippen LogP contribution in [-0.2, 0) is 6.54 Å². The van der Waals surface area contributed by atoms with Gasteiger partial charge in [-0.05, 0) is 24.2 Å². The highest BCUT2D eigenvalue weighted by Gasteiger charge is 2.18. The Kier molecular flexibility index (Phi) is 5.29. The summed E-state index contributed by atoms with van der Waals surface area (Å²) in [4.78, 5) is 4.42. The van der Waals surface area contributed by atoms with Gasteiger partial charge in [0.25, 0.3) is 0 Å². The number of hydrogen-bond donors (Lipinski definition) is 1. The van der Waals surface area contributed by atoms with Crippen molar-refractivity contribution in [2.45, 2.75) is 59.4 Å². The fourth-order valence-corrected chi connectivity index (χ4v) is 2.89. The van der Waals surface area contributed by atoms with Crippen LogP contribution in [0.2, 0.25) is 0 Å². The first kappa shape index (κ1) is 14.4. The Morgan fingerprint density at radius 2 is 2.05 bits per heavy atom. The third kappa shape index (κ3) is 4.55. The number of rotatable bonds is 6. The Hall–Kier alpha value is -0.990. The Morgan fingerprint density at radius 3 is 2.74 bits per heavy atom. The minimum Gasteiger partial charge on any atom is -0.355 e. The molecule has 0 unspecified atom stereocenters. The van der Waals surface area contributed by atoms with Crippen molar-refractivity contribution in [3.05, 3.63) is 12.4 Å². The number of aromatic nitrogens is 2. The zero-order valence-electron chi connectivity index (χ0n) is 12.7. The van der Waals surface area contributed by atoms with E-state index in [9.17, 15) is 0 Å². The highest BCUT2D eigenvalue weighted by molar-refractivity contribution is 5.25. The monoisotopic (exact) mass is 263 g/mol. The molecule has 0 atom stereocenters. The average molecular weight is 263 g/mol. The van der Waals surface area contributed by atoms with Gasteiger partial charge in [-0.25, -0.2) is 4.98 Å². The van der Waals surface area contributed by atoms with Gasteiger partial charge in [0.2, 0.25) is 5.95 Å². The maximum absolute atomic E-state index is 4.42. The Morgan fingerprint density at radius 1 is 1.32 bits per heavy atom. The molecule has 1 N–H and O–H groups in total. The quantitative estimate of drug-likeness (QED) is 0.835. The van der Waals surface area contributed by atoms with Gasteiger partial charge in [0.05, 0.1) is 0 Å². The summed E-state index contributed by atoms with van der Waals surface area (Å²) in [6.45, 7) is 8.95. The van der Waals surface area contributed by atoms with Crippen molar-refractivity contribution in [2.24, 2.45) is 17.8 Å². The topological polar surface area (TPSA) is 29.9 Å². The highest BCUT2D eigenvalue weighted by atomic mass is 15.2. The van der Waals surface area contributed by atoms with Crippen molar-refractivity contribution in [3.63, 3.8) is 0 Å². The average Bonchev–Trinajstić information content (AvgIpc) is 2.83. The van der Waals surface area contributed by atoms with Crippen LogP contribution in [0.3, 0.4) is 0 Å². The van der Waals surface area contributed by atoms with E-state index in [2.05, 4.69) is 41.8 Å². The van der Waals surface area contributed by atoms with Crippen LogP contribution >= 0.6 is 0 Å². The molecule has 0 aliphatic heterocycles. The first-order valence-electron chi connectivity index (χ1n) is 7.90. The molecular weight excluding hydrogens is 234 g/mol. The van der Waals surface area contributed by atoms with E-state index in [1.807, 2.05) is 6.20 Å². The van der Waals surface area contributed by atoms with E-state index in [0.717, 1.165) is 30.9 Å². The summed E-state index contributed by atoms with van der Waals surface area (Å²) in [5.74, 6) is 3.58. The number of nitrogens with one attached hydrogen (secondary N) is 1. The van der Waals surface area contributed by atoms with Gasteiger partial charge in [0.15, 0.2) is 0 Å². The molecule has 0 spiro atoms. The number of aryl methyl sites for hydroxylation is 1. The van der Waals surface area contributed by atoms with Gasteiger partial charge in [-0.15, -0.1) is 0 Å². The Labute approximate surface area is 117 Å². The molecule has 19 heavy (non-hydrogen) atoms. The second-order valence-electron chi connectivity index (χ2n) is 6.63. The standard InChI is InChI=1S/C16H29N3/c1-13(2)12-18-16-17-9-11-19(16)10-8-15-6-4-14(3)5-7-15/h9,11,13-15H,4-8,10,12H2,1-3H3,(H,17,18). The molecule has 1 heterocycles. The minimum atomic E-state index is 0.657. The lowest BCUT2D eigenvalue weighted by Crippen LogP contribution is -2.16. The molecular formula is C16H29N3. The fourth-order valence-electron chi connectivity index (χ4n) is 2.89. The largest absolute Gasteiger partial charge is 0.355 e. The Balaban J connectivity index is 1.78. The third-order valence-corrected chi connectivity index (χ3v) is 4.30. The van der Waals surface area contributed by atoms with Gasteiger partial charge in [0, 0.05) is 25.5 Å². The van der Waals surface area contributed by atoms with Crippen LogP contribution in [0.4, 0.5) is 5.95 Å². The van der Waals surface area contributed by atoms with Crippen LogP contribution in [0.15, 0.2) is 12.4 Å². The van der Waals surface area contributed by atoms with Gasteiger partial charge in [-0.2, -0.15) is 0 Å². The van der Waals surface area contributed by atoms with E-state index in [1.54, 1.807) is 0 Å². The number of anilines is 1. The molecule has 0 radical (unpaired) electrons. The van der Waals surface area contributed by atoms with E-state index in [4.69, 9.17) is 0 Å². The van der Waals surface area contributed by atoms with Crippen LogP contribution in [0.25, 0.3) is 0 Å². The van der Waals surface area contributed by atoms with Crippen molar-refractivity contribution in [2.75, 3.05) is 11.9 Å². The molecule has 1 aliphatic carbocycles. The zero-order valence-corrected chi connectivity index (χ0v) is 12.7.